The Kier molecular flexibility index (Phi) is 5.22. The van der Waals surface area contributed by atoms with Crippen LogP contribution in [-0.2, 0) is 14.8 Å². The number of carbonyl (C=O) groups is 2. The molecule has 154 valence electrons. The summed E-state index contributed by atoms with van der Waals surface area (Å²) >= 11 is 0.853. The number of carboxylic acid groups (broad SMARTS) is 1. The van der Waals surface area contributed by atoms with Gasteiger partial charge in [-0.3, -0.25) is 9.59 Å². The highest BCUT2D eigenvalue weighted by atomic mass is 32.2. The zero-order chi connectivity index (χ0) is 20.6. The Morgan fingerprint density at radius 1 is 1.07 bits per heavy atom. The molecule has 9 heteroatoms. The van der Waals surface area contributed by atoms with Crippen molar-refractivity contribution in [3.8, 4) is 0 Å². The number of carbonyl (C=O) groups excluding carboxylic acids is 1. The lowest BCUT2D eigenvalue weighted by molar-refractivity contribution is -0.140. The molecule has 1 aromatic heterocycles. The maximum atomic E-state index is 12.9. The Morgan fingerprint density at radius 2 is 1.76 bits per heavy atom. The van der Waals surface area contributed by atoms with Crippen LogP contribution in [0.25, 0.3) is 0 Å². The molecule has 0 aliphatic heterocycles. The van der Waals surface area contributed by atoms with Crippen LogP contribution in [0.15, 0.2) is 46.7 Å². The van der Waals surface area contributed by atoms with Crippen molar-refractivity contribution in [1.82, 2.24) is 10.0 Å². The molecule has 0 bridgehead atoms. The van der Waals surface area contributed by atoms with E-state index < -0.39 is 27.4 Å². The van der Waals surface area contributed by atoms with Gasteiger partial charge in [0.2, 0.25) is 0 Å². The second-order valence-corrected chi connectivity index (χ2v) is 10.6. The number of hydrogen-bond acceptors (Lipinski definition) is 5. The van der Waals surface area contributed by atoms with Gasteiger partial charge in [-0.2, -0.15) is 4.72 Å². The lowest BCUT2D eigenvalue weighted by Gasteiger charge is -2.14. The molecule has 2 saturated carbocycles. The number of thiophene rings is 1. The molecule has 7 nitrogen and oxygen atoms in total. The normalized spacial score (nSPS) is 24.3. The van der Waals surface area contributed by atoms with Crippen LogP contribution < -0.4 is 10.0 Å². The molecular formula is C20H22N2O5S2. The molecule has 1 heterocycles. The maximum Gasteiger partial charge on any atom is 0.325 e. The summed E-state index contributed by atoms with van der Waals surface area (Å²) < 4.78 is 28.0. The van der Waals surface area contributed by atoms with Crippen molar-refractivity contribution < 1.29 is 23.1 Å². The maximum absolute atomic E-state index is 12.9. The summed E-state index contributed by atoms with van der Waals surface area (Å²) in [6, 6.07) is 12.0. The predicted molar refractivity (Wildman–Crippen MR) is 109 cm³/mol. The Balaban J connectivity index is 1.50. The van der Waals surface area contributed by atoms with Crippen molar-refractivity contribution in [2.24, 2.45) is 0 Å². The van der Waals surface area contributed by atoms with E-state index in [2.05, 4.69) is 10.0 Å². The predicted octanol–water partition coefficient (Wildman–Crippen LogP) is 2.71. The topological polar surface area (TPSA) is 113 Å². The van der Waals surface area contributed by atoms with Gasteiger partial charge in [0.1, 0.15) is 9.75 Å². The van der Waals surface area contributed by atoms with Gasteiger partial charge in [0.25, 0.3) is 15.9 Å². The van der Waals surface area contributed by atoms with Crippen molar-refractivity contribution in [1.29, 1.82) is 0 Å². The quantitative estimate of drug-likeness (QED) is 0.620. The first-order valence-electron chi connectivity index (χ1n) is 9.55. The molecule has 2 atom stereocenters. The lowest BCUT2D eigenvalue weighted by atomic mass is 10.1. The van der Waals surface area contributed by atoms with E-state index in [9.17, 15) is 23.1 Å². The van der Waals surface area contributed by atoms with E-state index in [0.29, 0.717) is 4.88 Å². The van der Waals surface area contributed by atoms with E-state index in [0.717, 1.165) is 42.6 Å². The molecule has 0 radical (unpaired) electrons. The van der Waals surface area contributed by atoms with E-state index in [1.807, 2.05) is 6.07 Å². The highest BCUT2D eigenvalue weighted by molar-refractivity contribution is 7.91. The van der Waals surface area contributed by atoms with Crippen molar-refractivity contribution >= 4 is 33.2 Å². The van der Waals surface area contributed by atoms with Crippen LogP contribution in [-0.4, -0.2) is 37.0 Å². The highest BCUT2D eigenvalue weighted by Crippen LogP contribution is 2.52. The molecule has 2 unspecified atom stereocenters. The summed E-state index contributed by atoms with van der Waals surface area (Å²) in [4.78, 5) is 24.6. The Bertz CT molecular complexity index is 1030. The Labute approximate surface area is 173 Å². The van der Waals surface area contributed by atoms with Crippen LogP contribution >= 0.6 is 11.3 Å². The molecule has 2 fully saturated rings. The molecule has 3 N–H and O–H groups in total. The number of carboxylic acids is 1. The number of sulfonamides is 1. The number of rotatable bonds is 7. The average Bonchev–Trinajstić information content (AvgIpc) is 3.07. The second kappa shape index (κ2) is 7.55. The SMILES string of the molecule is O=C(NC1CCCC1)c1ccc(S(=O)(=O)NC2(C(=O)O)CC2c2ccccc2)s1. The highest BCUT2D eigenvalue weighted by Gasteiger charge is 2.63. The van der Waals surface area contributed by atoms with Crippen LogP contribution in [0.4, 0.5) is 0 Å². The lowest BCUT2D eigenvalue weighted by Crippen LogP contribution is -2.44. The average molecular weight is 435 g/mol. The first-order valence-corrected chi connectivity index (χ1v) is 11.8. The monoisotopic (exact) mass is 434 g/mol. The van der Waals surface area contributed by atoms with Gasteiger partial charge in [-0.1, -0.05) is 43.2 Å². The summed E-state index contributed by atoms with van der Waals surface area (Å²) in [7, 11) is -4.07. The molecule has 1 amide bonds. The zero-order valence-electron chi connectivity index (χ0n) is 15.6. The number of nitrogens with one attached hydrogen (secondary N) is 2. The summed E-state index contributed by atoms with van der Waals surface area (Å²) in [5.74, 6) is -1.92. The number of amides is 1. The van der Waals surface area contributed by atoms with Gasteiger partial charge < -0.3 is 10.4 Å². The molecular weight excluding hydrogens is 412 g/mol. The fourth-order valence-electron chi connectivity index (χ4n) is 3.95. The fourth-order valence-corrected chi connectivity index (χ4v) is 6.56. The van der Waals surface area contributed by atoms with E-state index in [4.69, 9.17) is 0 Å². The summed E-state index contributed by atoms with van der Waals surface area (Å²) in [5.41, 5.74) is -0.781. The number of hydrogen-bond donors (Lipinski definition) is 3. The van der Waals surface area contributed by atoms with Gasteiger partial charge in [0, 0.05) is 12.0 Å². The van der Waals surface area contributed by atoms with Gasteiger partial charge >= 0.3 is 5.97 Å². The Hall–Kier alpha value is -2.23. The minimum atomic E-state index is -4.07. The first-order chi connectivity index (χ1) is 13.8. The van der Waals surface area contributed by atoms with Crippen molar-refractivity contribution in [2.75, 3.05) is 0 Å². The van der Waals surface area contributed by atoms with E-state index in [1.54, 1.807) is 24.3 Å². The standard InChI is InChI=1S/C20H22N2O5S2/c23-18(21-14-8-4-5-9-14)16-10-11-17(28-16)29(26,27)22-20(19(24)25)12-15(20)13-6-2-1-3-7-13/h1-3,6-7,10-11,14-15,22H,4-5,8-9,12H2,(H,21,23)(H,24,25). The smallest absolute Gasteiger partial charge is 0.325 e. The van der Waals surface area contributed by atoms with Crippen LogP contribution in [0.1, 0.15) is 53.3 Å². The number of benzene rings is 1. The minimum absolute atomic E-state index is 0.0617. The van der Waals surface area contributed by atoms with Gasteiger partial charge in [-0.15, -0.1) is 11.3 Å². The minimum Gasteiger partial charge on any atom is -0.480 e. The van der Waals surface area contributed by atoms with Crippen LogP contribution in [0.2, 0.25) is 0 Å². The van der Waals surface area contributed by atoms with Crippen molar-refractivity contribution in [3.63, 3.8) is 0 Å². The second-order valence-electron chi connectivity index (χ2n) is 7.62. The molecule has 2 aliphatic carbocycles. The summed E-state index contributed by atoms with van der Waals surface area (Å²) in [6.45, 7) is 0. The molecule has 2 aromatic rings. The van der Waals surface area contributed by atoms with Crippen LogP contribution in [0.3, 0.4) is 0 Å². The number of aliphatic carboxylic acids is 1. The van der Waals surface area contributed by atoms with Gasteiger partial charge in [-0.05, 0) is 37.0 Å². The third-order valence-electron chi connectivity index (χ3n) is 5.62. The van der Waals surface area contributed by atoms with Crippen LogP contribution in [0.5, 0.6) is 0 Å². The first kappa shape index (κ1) is 20.1. The molecule has 4 rings (SSSR count). The molecule has 29 heavy (non-hydrogen) atoms. The van der Waals surface area contributed by atoms with E-state index >= 15 is 0 Å². The Morgan fingerprint density at radius 3 is 2.41 bits per heavy atom. The van der Waals surface area contributed by atoms with Gasteiger partial charge in [0.05, 0.1) is 4.88 Å². The van der Waals surface area contributed by atoms with Crippen molar-refractivity contribution in [2.45, 2.75) is 53.8 Å². The zero-order valence-corrected chi connectivity index (χ0v) is 17.3. The summed E-state index contributed by atoms with van der Waals surface area (Å²) in [6.07, 6.45) is 4.22. The molecule has 0 saturated heterocycles. The van der Waals surface area contributed by atoms with Crippen LogP contribution in [0, 0.1) is 0 Å². The third-order valence-corrected chi connectivity index (χ3v) is 8.71. The van der Waals surface area contributed by atoms with E-state index in [1.165, 1.54) is 12.1 Å². The third kappa shape index (κ3) is 3.94. The molecule has 2 aliphatic rings. The van der Waals surface area contributed by atoms with Gasteiger partial charge in [0.15, 0.2) is 0 Å². The van der Waals surface area contributed by atoms with E-state index in [-0.39, 0.29) is 22.6 Å². The fraction of sp³-hybridized carbons (Fsp3) is 0.400. The molecule has 0 spiro atoms. The van der Waals surface area contributed by atoms with Crippen molar-refractivity contribution in [3.05, 3.63) is 52.9 Å². The van der Waals surface area contributed by atoms with Gasteiger partial charge in [-0.25, -0.2) is 8.42 Å². The molecule has 1 aromatic carbocycles. The largest absolute Gasteiger partial charge is 0.480 e. The summed E-state index contributed by atoms with van der Waals surface area (Å²) in [5, 5.41) is 12.6.